The van der Waals surface area contributed by atoms with Crippen molar-refractivity contribution in [2.24, 2.45) is 5.73 Å². The summed E-state index contributed by atoms with van der Waals surface area (Å²) in [5.74, 6) is -0.490. The number of hydrogen-bond acceptors (Lipinski definition) is 6. The second-order valence-corrected chi connectivity index (χ2v) is 8.01. The number of carbonyl (C=O) groups is 1. The highest BCUT2D eigenvalue weighted by atomic mass is 35.5. The van der Waals surface area contributed by atoms with Gasteiger partial charge in [0.1, 0.15) is 5.58 Å². The summed E-state index contributed by atoms with van der Waals surface area (Å²) >= 11 is 0. The van der Waals surface area contributed by atoms with E-state index < -0.39 is 21.5 Å². The fourth-order valence-corrected chi connectivity index (χ4v) is 3.37. The number of fused-ring (bicyclic) bond motifs is 1. The number of hydrogen-bond donors (Lipinski definition) is 2. The van der Waals surface area contributed by atoms with Gasteiger partial charge in [-0.15, -0.1) is 12.4 Å². The van der Waals surface area contributed by atoms with Gasteiger partial charge in [0, 0.05) is 23.0 Å². The summed E-state index contributed by atoms with van der Waals surface area (Å²) in [5.41, 5.74) is 6.11. The number of sulfonamides is 1. The second kappa shape index (κ2) is 7.74. The largest absolute Gasteiger partial charge is 0.460 e. The number of ether oxygens (including phenoxy) is 1. The molecule has 3 N–H and O–H groups in total. The van der Waals surface area contributed by atoms with Crippen LogP contribution in [0.1, 0.15) is 36.9 Å². The number of esters is 1. The van der Waals surface area contributed by atoms with Crippen molar-refractivity contribution in [3.63, 3.8) is 0 Å². The molecule has 0 bridgehead atoms. The lowest BCUT2D eigenvalue weighted by atomic mass is 10.1. The van der Waals surface area contributed by atoms with Crippen molar-refractivity contribution in [3.05, 3.63) is 29.5 Å². The molecule has 1 heterocycles. The Morgan fingerprint density at radius 3 is 2.56 bits per heavy atom. The first-order valence-corrected chi connectivity index (χ1v) is 9.02. The number of benzene rings is 1. The molecule has 1 aromatic carbocycles. The first kappa shape index (κ1) is 21.4. The molecule has 140 valence electrons. The molecule has 0 aliphatic carbocycles. The Labute approximate surface area is 153 Å². The minimum absolute atomic E-state index is 0. The summed E-state index contributed by atoms with van der Waals surface area (Å²) < 4.78 is 37.7. The number of carbonyl (C=O) groups excluding carboxylic acids is 1. The molecule has 0 aliphatic rings. The summed E-state index contributed by atoms with van der Waals surface area (Å²) in [6, 6.07) is 4.42. The third-order valence-corrected chi connectivity index (χ3v) is 4.80. The smallest absolute Gasteiger partial charge is 0.374 e. The Morgan fingerprint density at radius 1 is 1.36 bits per heavy atom. The Hall–Kier alpha value is -1.61. The van der Waals surface area contributed by atoms with Crippen LogP contribution in [0.25, 0.3) is 11.0 Å². The van der Waals surface area contributed by atoms with E-state index in [0.29, 0.717) is 16.5 Å². The van der Waals surface area contributed by atoms with E-state index in [1.807, 2.05) is 0 Å². The van der Waals surface area contributed by atoms with Gasteiger partial charge in [0.05, 0.1) is 11.5 Å². The lowest BCUT2D eigenvalue weighted by Crippen LogP contribution is -2.45. The number of rotatable bonds is 6. The molecule has 7 nitrogen and oxygen atoms in total. The van der Waals surface area contributed by atoms with Gasteiger partial charge in [-0.25, -0.2) is 17.9 Å². The van der Waals surface area contributed by atoms with Crippen molar-refractivity contribution in [1.29, 1.82) is 0 Å². The topological polar surface area (TPSA) is 112 Å². The average Bonchev–Trinajstić information content (AvgIpc) is 2.82. The maximum atomic E-state index is 12.4. The third kappa shape index (κ3) is 4.94. The fraction of sp³-hybridized carbons (Fsp3) is 0.438. The molecule has 0 aliphatic heterocycles. The lowest BCUT2D eigenvalue weighted by molar-refractivity contribution is 0.0491. The van der Waals surface area contributed by atoms with E-state index >= 15 is 0 Å². The maximum Gasteiger partial charge on any atom is 0.374 e. The third-order valence-electron chi connectivity index (χ3n) is 3.40. The van der Waals surface area contributed by atoms with Crippen molar-refractivity contribution in [1.82, 2.24) is 4.72 Å². The quantitative estimate of drug-likeness (QED) is 0.732. The number of furan rings is 1. The van der Waals surface area contributed by atoms with Gasteiger partial charge in [-0.05, 0) is 45.9 Å². The monoisotopic (exact) mass is 390 g/mol. The second-order valence-electron chi connectivity index (χ2n) is 6.25. The van der Waals surface area contributed by atoms with Gasteiger partial charge in [0.25, 0.3) is 0 Å². The van der Waals surface area contributed by atoms with Crippen LogP contribution in [0.5, 0.6) is 0 Å². The van der Waals surface area contributed by atoms with Gasteiger partial charge in [0.2, 0.25) is 15.8 Å². The van der Waals surface area contributed by atoms with Crippen LogP contribution < -0.4 is 10.5 Å². The molecule has 0 spiro atoms. The van der Waals surface area contributed by atoms with Gasteiger partial charge in [-0.2, -0.15) is 0 Å². The number of nitrogens with one attached hydrogen (secondary N) is 1. The molecule has 0 radical (unpaired) electrons. The Bertz CT molecular complexity index is 869. The van der Waals surface area contributed by atoms with Gasteiger partial charge in [-0.3, -0.25) is 0 Å². The minimum atomic E-state index is -3.71. The van der Waals surface area contributed by atoms with Crippen molar-refractivity contribution < 1.29 is 22.4 Å². The molecule has 0 unspecified atom stereocenters. The van der Waals surface area contributed by atoms with E-state index in [4.69, 9.17) is 14.9 Å². The number of nitrogens with two attached hydrogens (primary N) is 1. The highest BCUT2D eigenvalue weighted by Gasteiger charge is 2.22. The van der Waals surface area contributed by atoms with Gasteiger partial charge >= 0.3 is 5.97 Å². The zero-order valence-electron chi connectivity index (χ0n) is 14.6. The van der Waals surface area contributed by atoms with E-state index in [1.54, 1.807) is 27.7 Å². The minimum Gasteiger partial charge on any atom is -0.460 e. The highest BCUT2D eigenvalue weighted by molar-refractivity contribution is 7.89. The van der Waals surface area contributed by atoms with Crippen LogP contribution in [0.3, 0.4) is 0 Å². The molecule has 0 saturated heterocycles. The lowest BCUT2D eigenvalue weighted by Gasteiger charge is -2.18. The summed E-state index contributed by atoms with van der Waals surface area (Å²) in [6.07, 6.45) is 0. The van der Waals surface area contributed by atoms with Crippen LogP contribution in [-0.4, -0.2) is 33.1 Å². The van der Waals surface area contributed by atoms with Crippen LogP contribution in [0.2, 0.25) is 0 Å². The Kier molecular flexibility index (Phi) is 6.63. The van der Waals surface area contributed by atoms with Crippen LogP contribution in [0, 0.1) is 6.92 Å². The molecule has 2 aromatic rings. The van der Waals surface area contributed by atoms with Crippen molar-refractivity contribution in [2.75, 3.05) is 13.2 Å². The van der Waals surface area contributed by atoms with E-state index in [0.717, 1.165) is 0 Å². The van der Waals surface area contributed by atoms with E-state index in [2.05, 4.69) is 4.72 Å². The van der Waals surface area contributed by atoms with Crippen molar-refractivity contribution in [2.45, 2.75) is 38.1 Å². The standard InChI is InChI=1S/C16H22N2O5S.ClH/c1-5-22-15(19)14-10(2)12-8-11(6-7-13(12)23-14)24(20,21)18-9-16(3,4)17;/h6-8,18H,5,9,17H2,1-4H3;1H. The predicted octanol–water partition coefficient (Wildman–Crippen LogP) is 2.36. The predicted molar refractivity (Wildman–Crippen MR) is 97.6 cm³/mol. The first-order chi connectivity index (χ1) is 11.0. The SMILES string of the molecule is CCOC(=O)c1oc2ccc(S(=O)(=O)NCC(C)(C)N)cc2c1C.Cl. The van der Waals surface area contributed by atoms with E-state index in [9.17, 15) is 13.2 Å². The molecule has 0 amide bonds. The molecule has 9 heteroatoms. The van der Waals surface area contributed by atoms with E-state index in [1.165, 1.54) is 18.2 Å². The zero-order chi connectivity index (χ0) is 18.1. The molecule has 1 aromatic heterocycles. The zero-order valence-corrected chi connectivity index (χ0v) is 16.2. The summed E-state index contributed by atoms with van der Waals surface area (Å²) in [5, 5.41) is 0.549. The molecule has 25 heavy (non-hydrogen) atoms. The van der Waals surface area contributed by atoms with Crippen molar-refractivity contribution >= 4 is 39.4 Å². The number of aryl methyl sites for hydroxylation is 1. The fourth-order valence-electron chi connectivity index (χ4n) is 2.12. The summed E-state index contributed by atoms with van der Waals surface area (Å²) in [4.78, 5) is 12.0. The van der Waals surface area contributed by atoms with Crippen molar-refractivity contribution in [3.8, 4) is 0 Å². The van der Waals surface area contributed by atoms with Gasteiger partial charge in [0.15, 0.2) is 0 Å². The first-order valence-electron chi connectivity index (χ1n) is 7.54. The molecular weight excluding hydrogens is 368 g/mol. The van der Waals surface area contributed by atoms with Crippen LogP contribution in [-0.2, 0) is 14.8 Å². The van der Waals surface area contributed by atoms with Crippen LogP contribution >= 0.6 is 12.4 Å². The normalized spacial score (nSPS) is 12.0. The summed E-state index contributed by atoms with van der Waals surface area (Å²) in [7, 11) is -3.71. The molecule has 0 fully saturated rings. The maximum absolute atomic E-state index is 12.4. The molecule has 0 atom stereocenters. The molecule has 2 rings (SSSR count). The highest BCUT2D eigenvalue weighted by Crippen LogP contribution is 2.28. The molecular formula is C16H23ClN2O5S. The van der Waals surface area contributed by atoms with Gasteiger partial charge in [-0.1, -0.05) is 0 Å². The Morgan fingerprint density at radius 2 is 2.00 bits per heavy atom. The van der Waals surface area contributed by atoms with Crippen LogP contribution in [0.4, 0.5) is 0 Å². The summed E-state index contributed by atoms with van der Waals surface area (Å²) in [6.45, 7) is 7.17. The van der Waals surface area contributed by atoms with Crippen LogP contribution in [0.15, 0.2) is 27.5 Å². The average molecular weight is 391 g/mol. The molecule has 0 saturated carbocycles. The van der Waals surface area contributed by atoms with E-state index in [-0.39, 0.29) is 36.2 Å². The Balaban J connectivity index is 0.00000312. The number of halogens is 1. The van der Waals surface area contributed by atoms with Gasteiger partial charge < -0.3 is 14.9 Å².